The maximum atomic E-state index is 11.3. The number of hydrogen-bond acceptors (Lipinski definition) is 5. The van der Waals surface area contributed by atoms with Crippen molar-refractivity contribution in [3.63, 3.8) is 0 Å². The van der Waals surface area contributed by atoms with Gasteiger partial charge in [0.1, 0.15) is 0 Å². The number of anilines is 1. The van der Waals surface area contributed by atoms with Crippen molar-refractivity contribution in [3.8, 4) is 0 Å². The SMILES string of the molecule is CCc1ncc(CN[C@H](C)c2cccc(NS(C)(=O)=O)c2)s1. The zero-order valence-electron chi connectivity index (χ0n) is 13.0. The minimum atomic E-state index is -3.25. The Labute approximate surface area is 135 Å². The molecule has 0 aliphatic heterocycles. The predicted molar refractivity (Wildman–Crippen MR) is 91.7 cm³/mol. The van der Waals surface area contributed by atoms with E-state index in [1.54, 1.807) is 17.4 Å². The molecule has 5 nitrogen and oxygen atoms in total. The molecule has 7 heteroatoms. The maximum absolute atomic E-state index is 11.3. The summed E-state index contributed by atoms with van der Waals surface area (Å²) in [6, 6.07) is 7.54. The normalized spacial score (nSPS) is 13.0. The molecule has 1 atom stereocenters. The smallest absolute Gasteiger partial charge is 0.229 e. The molecule has 0 unspecified atom stereocenters. The summed E-state index contributed by atoms with van der Waals surface area (Å²) < 4.78 is 25.1. The van der Waals surface area contributed by atoms with E-state index >= 15 is 0 Å². The second-order valence-electron chi connectivity index (χ2n) is 5.18. The second kappa shape index (κ2) is 7.21. The Balaban J connectivity index is 1.99. The lowest BCUT2D eigenvalue weighted by molar-refractivity contribution is 0.578. The third kappa shape index (κ3) is 5.08. The molecule has 120 valence electrons. The topological polar surface area (TPSA) is 71.1 Å². The highest BCUT2D eigenvalue weighted by molar-refractivity contribution is 7.92. The summed E-state index contributed by atoms with van der Waals surface area (Å²) in [6.07, 6.45) is 4.01. The monoisotopic (exact) mass is 339 g/mol. The average Bonchev–Trinajstić information content (AvgIpc) is 2.91. The first-order chi connectivity index (χ1) is 10.4. The number of benzene rings is 1. The number of nitrogens with one attached hydrogen (secondary N) is 2. The molecule has 0 fully saturated rings. The second-order valence-corrected chi connectivity index (χ2v) is 8.12. The first kappa shape index (κ1) is 16.9. The zero-order chi connectivity index (χ0) is 16.2. The van der Waals surface area contributed by atoms with Crippen LogP contribution in [0.5, 0.6) is 0 Å². The van der Waals surface area contributed by atoms with Gasteiger partial charge in [-0.05, 0) is 31.0 Å². The minimum absolute atomic E-state index is 0.119. The predicted octanol–water partition coefficient (Wildman–Crippen LogP) is 2.93. The minimum Gasteiger partial charge on any atom is -0.305 e. The van der Waals surface area contributed by atoms with Crippen LogP contribution in [0.15, 0.2) is 30.5 Å². The molecule has 0 saturated carbocycles. The van der Waals surface area contributed by atoms with Crippen molar-refractivity contribution in [2.45, 2.75) is 32.9 Å². The largest absolute Gasteiger partial charge is 0.305 e. The molecule has 0 aliphatic rings. The summed E-state index contributed by atoms with van der Waals surface area (Å²) in [4.78, 5) is 5.54. The number of rotatable bonds is 7. The highest BCUT2D eigenvalue weighted by Crippen LogP contribution is 2.20. The highest BCUT2D eigenvalue weighted by atomic mass is 32.2. The molecular weight excluding hydrogens is 318 g/mol. The Morgan fingerprint density at radius 1 is 1.36 bits per heavy atom. The van der Waals surface area contributed by atoms with Crippen molar-refractivity contribution >= 4 is 27.0 Å². The number of aryl methyl sites for hydroxylation is 1. The van der Waals surface area contributed by atoms with Crippen molar-refractivity contribution in [2.24, 2.45) is 0 Å². The van der Waals surface area contributed by atoms with Crippen LogP contribution in [-0.2, 0) is 23.0 Å². The van der Waals surface area contributed by atoms with Gasteiger partial charge in [-0.2, -0.15) is 0 Å². The van der Waals surface area contributed by atoms with Crippen LogP contribution in [0.25, 0.3) is 0 Å². The van der Waals surface area contributed by atoms with Gasteiger partial charge in [0.05, 0.1) is 11.3 Å². The number of aromatic nitrogens is 1. The van der Waals surface area contributed by atoms with Crippen LogP contribution < -0.4 is 10.0 Å². The van der Waals surface area contributed by atoms with Gasteiger partial charge in [-0.15, -0.1) is 11.3 Å². The summed E-state index contributed by atoms with van der Waals surface area (Å²) in [6.45, 7) is 4.91. The van der Waals surface area contributed by atoms with Crippen molar-refractivity contribution in [1.82, 2.24) is 10.3 Å². The molecular formula is C15H21N3O2S2. The first-order valence-electron chi connectivity index (χ1n) is 7.12. The fourth-order valence-corrected chi connectivity index (χ4v) is 3.42. The van der Waals surface area contributed by atoms with Crippen molar-refractivity contribution in [2.75, 3.05) is 11.0 Å². The van der Waals surface area contributed by atoms with E-state index in [-0.39, 0.29) is 6.04 Å². The van der Waals surface area contributed by atoms with Gasteiger partial charge in [0.2, 0.25) is 10.0 Å². The molecule has 22 heavy (non-hydrogen) atoms. The van der Waals surface area contributed by atoms with Crippen molar-refractivity contribution in [1.29, 1.82) is 0 Å². The molecule has 0 saturated heterocycles. The Morgan fingerprint density at radius 2 is 2.14 bits per heavy atom. The van der Waals surface area contributed by atoms with Crippen LogP contribution in [0.4, 0.5) is 5.69 Å². The van der Waals surface area contributed by atoms with E-state index in [0.29, 0.717) is 5.69 Å². The quantitative estimate of drug-likeness (QED) is 0.813. The molecule has 0 bridgehead atoms. The van der Waals surface area contributed by atoms with Gasteiger partial charge in [-0.1, -0.05) is 19.1 Å². The standard InChI is InChI=1S/C15H21N3O2S2/c1-4-15-17-10-14(21-15)9-16-11(2)12-6-5-7-13(8-12)18-22(3,19)20/h5-8,10-11,16,18H,4,9H2,1-3H3/t11-/m1/s1. The highest BCUT2D eigenvalue weighted by Gasteiger charge is 2.09. The summed E-state index contributed by atoms with van der Waals surface area (Å²) in [5, 5.41) is 4.58. The molecule has 1 heterocycles. The van der Waals surface area contributed by atoms with E-state index in [1.165, 1.54) is 4.88 Å². The van der Waals surface area contributed by atoms with Crippen molar-refractivity contribution < 1.29 is 8.42 Å². The molecule has 0 amide bonds. The molecule has 2 rings (SSSR count). The van der Waals surface area contributed by atoms with Crippen LogP contribution in [0.3, 0.4) is 0 Å². The Hall–Kier alpha value is -1.44. The summed E-state index contributed by atoms with van der Waals surface area (Å²) in [7, 11) is -3.25. The molecule has 0 spiro atoms. The summed E-state index contributed by atoms with van der Waals surface area (Å²) in [5.74, 6) is 0. The fourth-order valence-electron chi connectivity index (χ4n) is 2.05. The number of sulfonamides is 1. The Morgan fingerprint density at radius 3 is 2.77 bits per heavy atom. The zero-order valence-corrected chi connectivity index (χ0v) is 14.6. The lowest BCUT2D eigenvalue weighted by atomic mass is 10.1. The van der Waals surface area contributed by atoms with E-state index in [4.69, 9.17) is 0 Å². The number of hydrogen-bond donors (Lipinski definition) is 2. The molecule has 2 N–H and O–H groups in total. The van der Waals surface area contributed by atoms with Gasteiger partial charge >= 0.3 is 0 Å². The van der Waals surface area contributed by atoms with Crippen LogP contribution in [0, 0.1) is 0 Å². The van der Waals surface area contributed by atoms with E-state index in [2.05, 4.69) is 28.9 Å². The molecule has 2 aromatic rings. The van der Waals surface area contributed by atoms with Gasteiger partial charge in [-0.3, -0.25) is 4.72 Å². The molecule has 1 aromatic carbocycles. The van der Waals surface area contributed by atoms with E-state index < -0.39 is 10.0 Å². The number of thiazole rings is 1. The van der Waals surface area contributed by atoms with E-state index in [9.17, 15) is 8.42 Å². The van der Waals surface area contributed by atoms with Gasteiger partial charge in [0, 0.05) is 29.3 Å². The van der Waals surface area contributed by atoms with Gasteiger partial charge in [0.15, 0.2) is 0 Å². The average molecular weight is 339 g/mol. The molecule has 0 radical (unpaired) electrons. The van der Waals surface area contributed by atoms with Gasteiger partial charge < -0.3 is 5.32 Å². The molecule has 0 aliphatic carbocycles. The van der Waals surface area contributed by atoms with Crippen LogP contribution >= 0.6 is 11.3 Å². The first-order valence-corrected chi connectivity index (χ1v) is 9.83. The van der Waals surface area contributed by atoms with E-state index in [1.807, 2.05) is 24.4 Å². The Bertz CT molecular complexity index is 726. The lowest BCUT2D eigenvalue weighted by Crippen LogP contribution is -2.18. The maximum Gasteiger partial charge on any atom is 0.229 e. The van der Waals surface area contributed by atoms with Gasteiger partial charge in [0.25, 0.3) is 0 Å². The third-order valence-electron chi connectivity index (χ3n) is 3.18. The molecule has 1 aromatic heterocycles. The number of nitrogens with zero attached hydrogens (tertiary/aromatic N) is 1. The van der Waals surface area contributed by atoms with Crippen LogP contribution in [-0.4, -0.2) is 19.7 Å². The Kier molecular flexibility index (Phi) is 5.55. The summed E-state index contributed by atoms with van der Waals surface area (Å²) in [5.41, 5.74) is 1.62. The van der Waals surface area contributed by atoms with Crippen molar-refractivity contribution in [3.05, 3.63) is 45.9 Å². The van der Waals surface area contributed by atoms with Crippen LogP contribution in [0.2, 0.25) is 0 Å². The van der Waals surface area contributed by atoms with Gasteiger partial charge in [-0.25, -0.2) is 13.4 Å². The lowest BCUT2D eigenvalue weighted by Gasteiger charge is -2.15. The fraction of sp³-hybridized carbons (Fsp3) is 0.400. The van der Waals surface area contributed by atoms with Crippen LogP contribution in [0.1, 0.15) is 35.3 Å². The third-order valence-corrected chi connectivity index (χ3v) is 4.92. The summed E-state index contributed by atoms with van der Waals surface area (Å²) >= 11 is 1.72. The van der Waals surface area contributed by atoms with E-state index in [0.717, 1.165) is 29.8 Å².